The summed E-state index contributed by atoms with van der Waals surface area (Å²) < 4.78 is 0. The molecular formula is C20H28N8O2. The summed E-state index contributed by atoms with van der Waals surface area (Å²) in [7, 11) is 1.60. The number of aromatic nitrogens is 3. The highest BCUT2D eigenvalue weighted by molar-refractivity contribution is 5.92. The predicted molar refractivity (Wildman–Crippen MR) is 115 cm³/mol. The van der Waals surface area contributed by atoms with Crippen molar-refractivity contribution in [3.63, 3.8) is 0 Å². The molecule has 0 radical (unpaired) electrons. The molecule has 3 rings (SSSR count). The van der Waals surface area contributed by atoms with Crippen LogP contribution < -0.4 is 20.9 Å². The first-order chi connectivity index (χ1) is 14.5. The van der Waals surface area contributed by atoms with Crippen LogP contribution in [0.1, 0.15) is 28.8 Å². The van der Waals surface area contributed by atoms with Crippen LogP contribution >= 0.6 is 0 Å². The van der Waals surface area contributed by atoms with Crippen LogP contribution in [0.25, 0.3) is 0 Å². The number of hydrogen-bond donors (Lipinski definition) is 3. The molecule has 0 spiro atoms. The van der Waals surface area contributed by atoms with Gasteiger partial charge in [0, 0.05) is 52.4 Å². The minimum atomic E-state index is -0.276. The fraction of sp³-hybridized carbons (Fsp3) is 0.450. The van der Waals surface area contributed by atoms with Crippen molar-refractivity contribution in [3.8, 4) is 0 Å². The van der Waals surface area contributed by atoms with Gasteiger partial charge in [-0.1, -0.05) is 0 Å². The molecule has 3 heterocycles. The first-order valence-corrected chi connectivity index (χ1v) is 10.0. The van der Waals surface area contributed by atoms with Crippen LogP contribution in [0.5, 0.6) is 0 Å². The van der Waals surface area contributed by atoms with E-state index in [0.717, 1.165) is 43.3 Å². The Morgan fingerprint density at radius 3 is 2.57 bits per heavy atom. The van der Waals surface area contributed by atoms with Crippen LogP contribution in [0, 0.1) is 6.92 Å². The number of piperazine rings is 1. The van der Waals surface area contributed by atoms with Crippen molar-refractivity contribution in [1.29, 1.82) is 0 Å². The van der Waals surface area contributed by atoms with Gasteiger partial charge in [-0.2, -0.15) is 0 Å². The fourth-order valence-corrected chi connectivity index (χ4v) is 3.39. The summed E-state index contributed by atoms with van der Waals surface area (Å²) in [5.74, 6) is 0.308. The molecule has 0 atom stereocenters. The highest BCUT2D eigenvalue weighted by atomic mass is 16.2. The van der Waals surface area contributed by atoms with Gasteiger partial charge >= 0.3 is 6.03 Å². The summed E-state index contributed by atoms with van der Waals surface area (Å²) in [6, 6.07) is 5.25. The smallest absolute Gasteiger partial charge is 0.320 e. The molecule has 0 aromatic carbocycles. The maximum atomic E-state index is 11.8. The number of nitrogens with zero attached hydrogens (tertiary/aromatic N) is 5. The zero-order chi connectivity index (χ0) is 21.5. The number of amides is 3. The van der Waals surface area contributed by atoms with Gasteiger partial charge in [0.05, 0.1) is 17.1 Å². The third-order valence-electron chi connectivity index (χ3n) is 4.92. The number of carbonyl (C=O) groups excluding carboxylic acids is 2. The number of aryl methyl sites for hydroxylation is 1. The second-order valence-electron chi connectivity index (χ2n) is 7.02. The molecule has 1 saturated heterocycles. The van der Waals surface area contributed by atoms with E-state index in [1.807, 2.05) is 19.9 Å². The van der Waals surface area contributed by atoms with Crippen molar-refractivity contribution < 1.29 is 9.59 Å². The lowest BCUT2D eigenvalue weighted by Crippen LogP contribution is -2.46. The van der Waals surface area contributed by atoms with Crippen molar-refractivity contribution in [1.82, 2.24) is 30.5 Å². The molecule has 30 heavy (non-hydrogen) atoms. The number of rotatable bonds is 6. The molecule has 0 aliphatic carbocycles. The topological polar surface area (TPSA) is 115 Å². The van der Waals surface area contributed by atoms with Crippen molar-refractivity contribution >= 4 is 23.4 Å². The number of urea groups is 1. The molecule has 2 aromatic heterocycles. The van der Waals surface area contributed by atoms with Crippen molar-refractivity contribution in [2.24, 2.45) is 0 Å². The zero-order valence-corrected chi connectivity index (χ0v) is 17.6. The van der Waals surface area contributed by atoms with Crippen LogP contribution in [0.4, 0.5) is 16.3 Å². The lowest BCUT2D eigenvalue weighted by molar-refractivity contribution is 0.0958. The first-order valence-electron chi connectivity index (χ1n) is 10.0. The molecule has 10 nitrogen and oxygen atoms in total. The van der Waals surface area contributed by atoms with Crippen LogP contribution in [0.3, 0.4) is 0 Å². The Hall–Kier alpha value is -3.27. The quantitative estimate of drug-likeness (QED) is 0.648. The Bertz CT molecular complexity index is 896. The minimum absolute atomic E-state index is 0.180. The molecule has 1 aliphatic rings. The van der Waals surface area contributed by atoms with E-state index >= 15 is 0 Å². The van der Waals surface area contributed by atoms with E-state index in [2.05, 4.69) is 40.7 Å². The summed E-state index contributed by atoms with van der Waals surface area (Å²) in [6.07, 6.45) is 1.47. The van der Waals surface area contributed by atoms with Gasteiger partial charge in [0.15, 0.2) is 0 Å². The van der Waals surface area contributed by atoms with Gasteiger partial charge in [0.2, 0.25) is 0 Å². The van der Waals surface area contributed by atoms with Gasteiger partial charge in [0.1, 0.15) is 17.8 Å². The largest absolute Gasteiger partial charge is 0.368 e. The van der Waals surface area contributed by atoms with Crippen molar-refractivity contribution in [2.45, 2.75) is 20.4 Å². The molecule has 2 aromatic rings. The van der Waals surface area contributed by atoms with Gasteiger partial charge in [-0.05, 0) is 26.0 Å². The molecule has 1 fully saturated rings. The van der Waals surface area contributed by atoms with Gasteiger partial charge in [0.25, 0.3) is 5.91 Å². The van der Waals surface area contributed by atoms with Gasteiger partial charge in [-0.15, -0.1) is 0 Å². The Morgan fingerprint density at radius 1 is 1.13 bits per heavy atom. The lowest BCUT2D eigenvalue weighted by atomic mass is 10.2. The number of anilines is 2. The molecule has 0 bridgehead atoms. The van der Waals surface area contributed by atoms with E-state index in [9.17, 15) is 9.59 Å². The van der Waals surface area contributed by atoms with Crippen LogP contribution in [-0.4, -0.2) is 71.6 Å². The minimum Gasteiger partial charge on any atom is -0.368 e. The molecule has 160 valence electrons. The van der Waals surface area contributed by atoms with Crippen LogP contribution in [0.2, 0.25) is 0 Å². The SMILES string of the molecule is CCNC(=O)Nc1cc(CN2CCN(c3ccc(C(=O)NC)nc3C)CC2)ncn1. The van der Waals surface area contributed by atoms with Crippen LogP contribution in [-0.2, 0) is 6.54 Å². The average Bonchev–Trinajstić information content (AvgIpc) is 2.74. The molecular weight excluding hydrogens is 384 g/mol. The summed E-state index contributed by atoms with van der Waals surface area (Å²) in [5, 5.41) is 7.99. The molecule has 3 amide bonds. The van der Waals surface area contributed by atoms with Crippen molar-refractivity contribution in [2.75, 3.05) is 50.0 Å². The Labute approximate surface area is 176 Å². The summed E-state index contributed by atoms with van der Waals surface area (Å²) in [5.41, 5.74) is 3.19. The maximum absolute atomic E-state index is 11.8. The normalized spacial score (nSPS) is 14.3. The fourth-order valence-electron chi connectivity index (χ4n) is 3.39. The molecule has 3 N–H and O–H groups in total. The number of hydrogen-bond acceptors (Lipinski definition) is 7. The predicted octanol–water partition coefficient (Wildman–Crippen LogP) is 1.00. The van der Waals surface area contributed by atoms with E-state index < -0.39 is 0 Å². The Morgan fingerprint density at radius 2 is 1.90 bits per heavy atom. The van der Waals surface area contributed by atoms with Gasteiger partial charge < -0.3 is 15.5 Å². The van der Waals surface area contributed by atoms with E-state index in [-0.39, 0.29) is 11.9 Å². The molecule has 10 heteroatoms. The monoisotopic (exact) mass is 412 g/mol. The van der Waals surface area contributed by atoms with Crippen LogP contribution in [0.15, 0.2) is 24.5 Å². The summed E-state index contributed by atoms with van der Waals surface area (Å²) >= 11 is 0. The van der Waals surface area contributed by atoms with Gasteiger partial charge in [-0.25, -0.2) is 19.7 Å². The average molecular weight is 412 g/mol. The number of pyridine rings is 1. The van der Waals surface area contributed by atoms with Crippen molar-refractivity contribution in [3.05, 3.63) is 41.6 Å². The maximum Gasteiger partial charge on any atom is 0.320 e. The summed E-state index contributed by atoms with van der Waals surface area (Å²) in [4.78, 5) is 40.9. The van der Waals surface area contributed by atoms with E-state index in [0.29, 0.717) is 24.6 Å². The van der Waals surface area contributed by atoms with E-state index in [1.54, 1.807) is 19.2 Å². The third-order valence-corrected chi connectivity index (χ3v) is 4.92. The van der Waals surface area contributed by atoms with Gasteiger partial charge in [-0.3, -0.25) is 15.0 Å². The first kappa shape index (κ1) is 21.4. The Balaban J connectivity index is 1.56. The molecule has 1 aliphatic heterocycles. The Kier molecular flexibility index (Phi) is 7.12. The molecule has 0 saturated carbocycles. The lowest BCUT2D eigenvalue weighted by Gasteiger charge is -2.36. The number of carbonyl (C=O) groups is 2. The third kappa shape index (κ3) is 5.41. The van der Waals surface area contributed by atoms with E-state index in [4.69, 9.17) is 0 Å². The summed E-state index contributed by atoms with van der Waals surface area (Å²) in [6.45, 7) is 8.49. The number of nitrogens with one attached hydrogen (secondary N) is 3. The van der Waals surface area contributed by atoms with E-state index in [1.165, 1.54) is 6.33 Å². The second kappa shape index (κ2) is 9.97. The highest BCUT2D eigenvalue weighted by Crippen LogP contribution is 2.21. The zero-order valence-electron chi connectivity index (χ0n) is 17.6. The second-order valence-corrected chi connectivity index (χ2v) is 7.02. The molecule has 0 unspecified atom stereocenters. The standard InChI is InChI=1S/C20H28N8O2/c1-4-22-20(30)26-18-11-15(23-13-24-18)12-27-7-9-28(10-8-27)17-6-5-16(19(29)21-3)25-14(17)2/h5-6,11,13H,4,7-10,12H2,1-3H3,(H,21,29)(H2,22,23,24,26,30). The highest BCUT2D eigenvalue weighted by Gasteiger charge is 2.20.